The number of hydrogen-bond acceptors (Lipinski definition) is 4. The fourth-order valence-corrected chi connectivity index (χ4v) is 9.27. The van der Waals surface area contributed by atoms with Crippen molar-refractivity contribution in [3.05, 3.63) is 100 Å². The molecule has 0 radical (unpaired) electrons. The average Bonchev–Trinajstić information content (AvgIpc) is 3.48. The molecule has 0 spiro atoms. The minimum Gasteiger partial charge on any atom is -0.228 e. The molecule has 0 bridgehead atoms. The molecular weight excluding hydrogens is 452 g/mol. The SMILES string of the molecule is Cc1ccc(CS(=O)(=O)[C@H]2C(S(=O)(=O)c3ccc(Cl)cc3)[C@@H]2c2ccc(C)cc2)cc1. The van der Waals surface area contributed by atoms with Gasteiger partial charge in [-0.15, -0.1) is 0 Å². The topological polar surface area (TPSA) is 68.3 Å². The van der Waals surface area contributed by atoms with Gasteiger partial charge in [0.25, 0.3) is 0 Å². The number of benzene rings is 3. The molecule has 4 rings (SSSR count). The van der Waals surface area contributed by atoms with Crippen LogP contribution in [0.1, 0.15) is 28.2 Å². The highest BCUT2D eigenvalue weighted by molar-refractivity contribution is 7.96. The van der Waals surface area contributed by atoms with Crippen LogP contribution in [0.25, 0.3) is 0 Å². The quantitative estimate of drug-likeness (QED) is 0.510. The van der Waals surface area contributed by atoms with Crippen LogP contribution in [0.3, 0.4) is 0 Å². The van der Waals surface area contributed by atoms with Crippen LogP contribution in [-0.2, 0) is 25.4 Å². The van der Waals surface area contributed by atoms with Crippen LogP contribution in [0.15, 0.2) is 77.7 Å². The highest BCUT2D eigenvalue weighted by Crippen LogP contribution is 2.53. The molecule has 0 saturated heterocycles. The summed E-state index contributed by atoms with van der Waals surface area (Å²) in [6, 6.07) is 20.6. The van der Waals surface area contributed by atoms with Crippen molar-refractivity contribution in [2.45, 2.75) is 40.9 Å². The normalized spacial score (nSPS) is 21.1. The Morgan fingerprint density at radius 3 is 1.77 bits per heavy atom. The van der Waals surface area contributed by atoms with Crippen molar-refractivity contribution in [1.29, 1.82) is 0 Å². The number of sulfone groups is 2. The first-order valence-corrected chi connectivity index (χ1v) is 13.6. The van der Waals surface area contributed by atoms with Gasteiger partial charge in [-0.1, -0.05) is 71.3 Å². The van der Waals surface area contributed by atoms with Gasteiger partial charge in [-0.2, -0.15) is 0 Å². The van der Waals surface area contributed by atoms with Gasteiger partial charge in [0.05, 0.1) is 21.1 Å². The minimum absolute atomic E-state index is 0.0899. The van der Waals surface area contributed by atoms with Gasteiger partial charge in [0, 0.05) is 10.9 Å². The van der Waals surface area contributed by atoms with Gasteiger partial charge in [0.15, 0.2) is 19.7 Å². The molecule has 4 nitrogen and oxygen atoms in total. The van der Waals surface area contributed by atoms with Crippen molar-refractivity contribution in [3.8, 4) is 0 Å². The predicted octanol–water partition coefficient (Wildman–Crippen LogP) is 4.88. The Bertz CT molecular complexity index is 1300. The van der Waals surface area contributed by atoms with E-state index in [0.717, 1.165) is 16.7 Å². The van der Waals surface area contributed by atoms with E-state index in [1.54, 1.807) is 12.1 Å². The first-order valence-electron chi connectivity index (χ1n) is 9.93. The molecule has 1 unspecified atom stereocenters. The molecule has 0 heterocycles. The lowest BCUT2D eigenvalue weighted by Gasteiger charge is -2.06. The first kappa shape index (κ1) is 22.1. The van der Waals surface area contributed by atoms with E-state index in [4.69, 9.17) is 11.6 Å². The number of rotatable bonds is 6. The molecule has 1 aliphatic rings. The molecule has 1 fully saturated rings. The van der Waals surface area contributed by atoms with Gasteiger partial charge < -0.3 is 0 Å². The molecule has 0 aromatic heterocycles. The molecule has 0 aliphatic heterocycles. The van der Waals surface area contributed by atoms with Crippen LogP contribution in [0.5, 0.6) is 0 Å². The average molecular weight is 475 g/mol. The fourth-order valence-electron chi connectivity index (χ4n) is 4.02. The smallest absolute Gasteiger partial charge is 0.183 e. The van der Waals surface area contributed by atoms with Crippen LogP contribution in [0.4, 0.5) is 0 Å². The summed E-state index contributed by atoms with van der Waals surface area (Å²) in [5.74, 6) is -0.788. The lowest BCUT2D eigenvalue weighted by molar-refractivity contribution is 0.586. The summed E-state index contributed by atoms with van der Waals surface area (Å²) in [5, 5.41) is -1.59. The Labute approximate surface area is 188 Å². The lowest BCUT2D eigenvalue weighted by atomic mass is 10.1. The minimum atomic E-state index is -3.86. The standard InChI is InChI=1S/C24H23ClO4S2/c1-16-3-7-18(8-4-16)15-30(26,27)23-22(19-9-5-17(2)6-10-19)24(23)31(28,29)21-13-11-20(25)12-14-21/h3-14,22-24H,15H2,1-2H3/t22-,23-,24?/m1/s1. The molecule has 3 atom stereocenters. The van der Waals surface area contributed by atoms with Crippen LogP contribution < -0.4 is 0 Å². The summed E-state index contributed by atoms with van der Waals surface area (Å²) in [6.45, 7) is 3.87. The van der Waals surface area contributed by atoms with Crippen molar-refractivity contribution < 1.29 is 16.8 Å². The van der Waals surface area contributed by atoms with Crippen molar-refractivity contribution in [1.82, 2.24) is 0 Å². The maximum Gasteiger partial charge on any atom is 0.183 e. The van der Waals surface area contributed by atoms with E-state index in [2.05, 4.69) is 0 Å². The Hall–Kier alpha value is -2.15. The van der Waals surface area contributed by atoms with Gasteiger partial charge in [-0.3, -0.25) is 0 Å². The zero-order chi connectivity index (χ0) is 22.4. The molecule has 1 saturated carbocycles. The summed E-state index contributed by atoms with van der Waals surface area (Å²) in [7, 11) is -7.57. The van der Waals surface area contributed by atoms with Gasteiger partial charge >= 0.3 is 0 Å². The third-order valence-corrected chi connectivity index (χ3v) is 10.6. The van der Waals surface area contributed by atoms with E-state index in [-0.39, 0.29) is 10.6 Å². The van der Waals surface area contributed by atoms with E-state index >= 15 is 0 Å². The van der Waals surface area contributed by atoms with Crippen LogP contribution in [-0.4, -0.2) is 27.3 Å². The third-order valence-electron chi connectivity index (χ3n) is 5.76. The van der Waals surface area contributed by atoms with Crippen molar-refractivity contribution in [3.63, 3.8) is 0 Å². The maximum absolute atomic E-state index is 13.4. The molecule has 3 aromatic carbocycles. The Kier molecular flexibility index (Phi) is 5.75. The summed E-state index contributed by atoms with van der Waals surface area (Å²) < 4.78 is 53.5. The van der Waals surface area contributed by atoms with E-state index in [1.807, 2.05) is 50.2 Å². The predicted molar refractivity (Wildman–Crippen MR) is 124 cm³/mol. The van der Waals surface area contributed by atoms with E-state index in [1.165, 1.54) is 24.3 Å². The van der Waals surface area contributed by atoms with Crippen LogP contribution in [0, 0.1) is 13.8 Å². The molecule has 3 aromatic rings. The van der Waals surface area contributed by atoms with Crippen molar-refractivity contribution in [2.24, 2.45) is 0 Å². The Balaban J connectivity index is 1.73. The molecule has 162 valence electrons. The summed E-state index contributed by atoms with van der Waals surface area (Å²) >= 11 is 5.91. The highest BCUT2D eigenvalue weighted by atomic mass is 35.5. The highest BCUT2D eigenvalue weighted by Gasteiger charge is 2.64. The summed E-state index contributed by atoms with van der Waals surface area (Å²) in [4.78, 5) is 0.0899. The second-order valence-corrected chi connectivity index (χ2v) is 12.9. The Morgan fingerprint density at radius 1 is 0.710 bits per heavy atom. The number of halogens is 1. The van der Waals surface area contributed by atoms with Crippen molar-refractivity contribution >= 4 is 31.3 Å². The zero-order valence-corrected chi connectivity index (χ0v) is 19.6. The monoisotopic (exact) mass is 474 g/mol. The number of aryl methyl sites for hydroxylation is 2. The third kappa shape index (κ3) is 4.43. The molecule has 7 heteroatoms. The number of hydrogen-bond donors (Lipinski definition) is 0. The van der Waals surface area contributed by atoms with E-state index in [9.17, 15) is 16.8 Å². The van der Waals surface area contributed by atoms with E-state index < -0.39 is 36.1 Å². The van der Waals surface area contributed by atoms with Crippen molar-refractivity contribution in [2.75, 3.05) is 0 Å². The molecular formula is C24H23ClO4S2. The summed E-state index contributed by atoms with van der Waals surface area (Å²) in [5.41, 5.74) is 3.45. The molecule has 0 N–H and O–H groups in total. The zero-order valence-electron chi connectivity index (χ0n) is 17.2. The molecule has 31 heavy (non-hydrogen) atoms. The summed E-state index contributed by atoms with van der Waals surface area (Å²) in [6.07, 6.45) is 0. The van der Waals surface area contributed by atoms with Crippen LogP contribution >= 0.6 is 11.6 Å². The molecule has 0 amide bonds. The van der Waals surface area contributed by atoms with Crippen LogP contribution in [0.2, 0.25) is 5.02 Å². The maximum atomic E-state index is 13.4. The second-order valence-electron chi connectivity index (χ2n) is 8.16. The largest absolute Gasteiger partial charge is 0.228 e. The van der Waals surface area contributed by atoms with Gasteiger partial charge in [0.2, 0.25) is 0 Å². The second kappa shape index (κ2) is 8.08. The van der Waals surface area contributed by atoms with E-state index in [0.29, 0.717) is 10.6 Å². The fraction of sp³-hybridized carbons (Fsp3) is 0.250. The van der Waals surface area contributed by atoms with Gasteiger partial charge in [0.1, 0.15) is 0 Å². The first-order chi connectivity index (χ1) is 14.6. The lowest BCUT2D eigenvalue weighted by Crippen LogP contribution is -2.19. The molecule has 1 aliphatic carbocycles. The Morgan fingerprint density at radius 2 is 1.23 bits per heavy atom. The van der Waals surface area contributed by atoms with Gasteiger partial charge in [-0.05, 0) is 49.2 Å². The van der Waals surface area contributed by atoms with Gasteiger partial charge in [-0.25, -0.2) is 16.8 Å².